The molecule has 82 valence electrons. The first-order valence-corrected chi connectivity index (χ1v) is 5.03. The van der Waals surface area contributed by atoms with Crippen molar-refractivity contribution in [2.24, 2.45) is 0 Å². The molecule has 0 unspecified atom stereocenters. The molecule has 1 aromatic heterocycles. The standard InChI is InChI=1S/C13H13NO2/c1-10-6-7-11(9-12(10)15-2)16-13-5-3-4-8-14-13/h3-9H,1-2H3. The SMILES string of the molecule is COc1cc(Oc2ccccn2)ccc1C. The van der Waals surface area contributed by atoms with Crippen molar-refractivity contribution >= 4 is 0 Å². The number of hydrogen-bond donors (Lipinski definition) is 0. The Morgan fingerprint density at radius 1 is 1.12 bits per heavy atom. The maximum Gasteiger partial charge on any atom is 0.219 e. The molecule has 2 aromatic rings. The van der Waals surface area contributed by atoms with Gasteiger partial charge in [0.1, 0.15) is 11.5 Å². The molecule has 1 heterocycles. The monoisotopic (exact) mass is 215 g/mol. The van der Waals surface area contributed by atoms with Crippen molar-refractivity contribution in [3.8, 4) is 17.4 Å². The van der Waals surface area contributed by atoms with E-state index in [1.54, 1.807) is 13.3 Å². The molecule has 0 aliphatic carbocycles. The minimum absolute atomic E-state index is 0.577. The zero-order chi connectivity index (χ0) is 11.4. The van der Waals surface area contributed by atoms with Gasteiger partial charge in [-0.05, 0) is 24.6 Å². The number of nitrogens with zero attached hydrogens (tertiary/aromatic N) is 1. The number of aryl methyl sites for hydroxylation is 1. The number of aromatic nitrogens is 1. The third-order valence-corrected chi connectivity index (χ3v) is 2.24. The molecule has 0 atom stereocenters. The van der Waals surface area contributed by atoms with E-state index in [0.29, 0.717) is 5.88 Å². The van der Waals surface area contributed by atoms with Gasteiger partial charge in [-0.25, -0.2) is 4.98 Å². The Balaban J connectivity index is 2.22. The predicted octanol–water partition coefficient (Wildman–Crippen LogP) is 3.19. The molecule has 0 bridgehead atoms. The van der Waals surface area contributed by atoms with Gasteiger partial charge < -0.3 is 9.47 Å². The number of pyridine rings is 1. The molecular formula is C13H13NO2. The lowest BCUT2D eigenvalue weighted by molar-refractivity contribution is 0.404. The average Bonchev–Trinajstić information content (AvgIpc) is 2.33. The van der Waals surface area contributed by atoms with Crippen molar-refractivity contribution in [3.63, 3.8) is 0 Å². The van der Waals surface area contributed by atoms with E-state index in [-0.39, 0.29) is 0 Å². The highest BCUT2D eigenvalue weighted by Crippen LogP contribution is 2.26. The molecule has 0 saturated carbocycles. The van der Waals surface area contributed by atoms with Crippen LogP contribution in [0.5, 0.6) is 17.4 Å². The van der Waals surface area contributed by atoms with Gasteiger partial charge in [0.05, 0.1) is 7.11 Å². The molecule has 0 aliphatic heterocycles. The first-order valence-electron chi connectivity index (χ1n) is 5.03. The van der Waals surface area contributed by atoms with E-state index in [4.69, 9.17) is 9.47 Å². The van der Waals surface area contributed by atoms with Gasteiger partial charge in [-0.1, -0.05) is 12.1 Å². The van der Waals surface area contributed by atoms with Gasteiger partial charge in [0, 0.05) is 18.3 Å². The van der Waals surface area contributed by atoms with Crippen LogP contribution in [0, 0.1) is 6.92 Å². The lowest BCUT2D eigenvalue weighted by Gasteiger charge is -2.08. The van der Waals surface area contributed by atoms with E-state index in [1.807, 2.05) is 43.3 Å². The van der Waals surface area contributed by atoms with Crippen molar-refractivity contribution in [1.29, 1.82) is 0 Å². The molecular weight excluding hydrogens is 202 g/mol. The molecule has 0 radical (unpaired) electrons. The maximum absolute atomic E-state index is 5.58. The number of hydrogen-bond acceptors (Lipinski definition) is 3. The lowest BCUT2D eigenvalue weighted by atomic mass is 10.2. The van der Waals surface area contributed by atoms with Crippen LogP contribution in [-0.4, -0.2) is 12.1 Å². The van der Waals surface area contributed by atoms with Crippen LogP contribution in [0.3, 0.4) is 0 Å². The fraction of sp³-hybridized carbons (Fsp3) is 0.154. The van der Waals surface area contributed by atoms with Gasteiger partial charge in [0.25, 0.3) is 0 Å². The highest BCUT2D eigenvalue weighted by Gasteiger charge is 2.02. The molecule has 0 aliphatic rings. The topological polar surface area (TPSA) is 31.4 Å². The van der Waals surface area contributed by atoms with E-state index in [0.717, 1.165) is 17.1 Å². The van der Waals surface area contributed by atoms with E-state index in [2.05, 4.69) is 4.98 Å². The van der Waals surface area contributed by atoms with Crippen LogP contribution in [0.1, 0.15) is 5.56 Å². The summed E-state index contributed by atoms with van der Waals surface area (Å²) in [7, 11) is 1.65. The highest BCUT2D eigenvalue weighted by atomic mass is 16.5. The molecule has 2 rings (SSSR count). The van der Waals surface area contributed by atoms with E-state index < -0.39 is 0 Å². The summed E-state index contributed by atoms with van der Waals surface area (Å²) in [4.78, 5) is 4.09. The number of benzene rings is 1. The Kier molecular flexibility index (Phi) is 3.05. The van der Waals surface area contributed by atoms with Crippen LogP contribution in [0.2, 0.25) is 0 Å². The molecule has 0 N–H and O–H groups in total. The van der Waals surface area contributed by atoms with Crippen LogP contribution in [-0.2, 0) is 0 Å². The second-order valence-electron chi connectivity index (χ2n) is 3.40. The molecule has 1 aromatic carbocycles. The van der Waals surface area contributed by atoms with Gasteiger partial charge in [-0.3, -0.25) is 0 Å². The van der Waals surface area contributed by atoms with Crippen LogP contribution in [0.4, 0.5) is 0 Å². The molecule has 0 spiro atoms. The van der Waals surface area contributed by atoms with Crippen LogP contribution >= 0.6 is 0 Å². The second-order valence-corrected chi connectivity index (χ2v) is 3.40. The van der Waals surface area contributed by atoms with Crippen molar-refractivity contribution in [1.82, 2.24) is 4.98 Å². The highest BCUT2D eigenvalue weighted by molar-refractivity contribution is 5.41. The molecule has 16 heavy (non-hydrogen) atoms. The normalized spacial score (nSPS) is 9.88. The number of ether oxygens (including phenoxy) is 2. The third-order valence-electron chi connectivity index (χ3n) is 2.24. The van der Waals surface area contributed by atoms with Crippen LogP contribution in [0.25, 0.3) is 0 Å². The average molecular weight is 215 g/mol. The minimum atomic E-state index is 0.577. The zero-order valence-corrected chi connectivity index (χ0v) is 9.31. The summed E-state index contributed by atoms with van der Waals surface area (Å²) in [5, 5.41) is 0. The second kappa shape index (κ2) is 4.66. The van der Waals surface area contributed by atoms with Crippen molar-refractivity contribution < 1.29 is 9.47 Å². The zero-order valence-electron chi connectivity index (χ0n) is 9.31. The summed E-state index contributed by atoms with van der Waals surface area (Å²) in [5.74, 6) is 2.11. The molecule has 0 fully saturated rings. The van der Waals surface area contributed by atoms with Crippen molar-refractivity contribution in [2.45, 2.75) is 6.92 Å². The van der Waals surface area contributed by atoms with Gasteiger partial charge in [-0.15, -0.1) is 0 Å². The van der Waals surface area contributed by atoms with E-state index >= 15 is 0 Å². The van der Waals surface area contributed by atoms with Crippen LogP contribution in [0.15, 0.2) is 42.6 Å². The van der Waals surface area contributed by atoms with Crippen LogP contribution < -0.4 is 9.47 Å². The largest absolute Gasteiger partial charge is 0.496 e. The first kappa shape index (κ1) is 10.5. The fourth-order valence-electron chi connectivity index (χ4n) is 1.39. The Hall–Kier alpha value is -2.03. The van der Waals surface area contributed by atoms with Gasteiger partial charge in [-0.2, -0.15) is 0 Å². The molecule has 3 heteroatoms. The summed E-state index contributed by atoms with van der Waals surface area (Å²) < 4.78 is 10.8. The Labute approximate surface area is 94.7 Å². The van der Waals surface area contributed by atoms with Gasteiger partial charge in [0.2, 0.25) is 5.88 Å². The first-order chi connectivity index (χ1) is 7.79. The minimum Gasteiger partial charge on any atom is -0.496 e. The molecule has 0 amide bonds. The number of rotatable bonds is 3. The summed E-state index contributed by atoms with van der Waals surface area (Å²) in [5.41, 5.74) is 1.08. The van der Waals surface area contributed by atoms with Crippen molar-refractivity contribution in [2.75, 3.05) is 7.11 Å². The van der Waals surface area contributed by atoms with Crippen molar-refractivity contribution in [3.05, 3.63) is 48.2 Å². The summed E-state index contributed by atoms with van der Waals surface area (Å²) in [6, 6.07) is 11.2. The third kappa shape index (κ3) is 2.31. The van der Waals surface area contributed by atoms with Gasteiger partial charge >= 0.3 is 0 Å². The van der Waals surface area contributed by atoms with Gasteiger partial charge in [0.15, 0.2) is 0 Å². The summed E-state index contributed by atoms with van der Waals surface area (Å²) in [6.07, 6.45) is 1.70. The Morgan fingerprint density at radius 3 is 2.69 bits per heavy atom. The number of methoxy groups -OCH3 is 1. The molecule has 0 saturated heterocycles. The predicted molar refractivity (Wildman–Crippen MR) is 62.0 cm³/mol. The summed E-state index contributed by atoms with van der Waals surface area (Å²) in [6.45, 7) is 1.99. The lowest BCUT2D eigenvalue weighted by Crippen LogP contribution is -1.90. The van der Waals surface area contributed by atoms with E-state index in [9.17, 15) is 0 Å². The fourth-order valence-corrected chi connectivity index (χ4v) is 1.39. The maximum atomic E-state index is 5.58. The smallest absolute Gasteiger partial charge is 0.219 e. The quantitative estimate of drug-likeness (QED) is 0.787. The molecule has 3 nitrogen and oxygen atoms in total. The van der Waals surface area contributed by atoms with E-state index in [1.165, 1.54) is 0 Å². The summed E-state index contributed by atoms with van der Waals surface area (Å²) >= 11 is 0. The Morgan fingerprint density at radius 2 is 2.00 bits per heavy atom. The Bertz CT molecular complexity index is 469.